The van der Waals surface area contributed by atoms with Crippen LogP contribution in [-0.2, 0) is 4.74 Å². The van der Waals surface area contributed by atoms with E-state index in [9.17, 15) is 0 Å². The van der Waals surface area contributed by atoms with Crippen LogP contribution in [0.15, 0.2) is 12.2 Å². The first kappa shape index (κ1) is 10.6. The standard InChI is InChI=1S/C16H24O/c1-3-16(17-4-2)9-12-8-13(16)15-11-6-5-10(7-11)14(12)15/h5-6,10-15H,3-4,7-9H2,1-2H3. The molecule has 4 aliphatic rings. The average molecular weight is 232 g/mol. The Balaban J connectivity index is 1.68. The normalized spacial score (nSPS) is 58.0. The molecule has 0 aromatic carbocycles. The lowest BCUT2D eigenvalue weighted by atomic mass is 9.66. The Kier molecular flexibility index (Phi) is 2.11. The molecule has 94 valence electrons. The van der Waals surface area contributed by atoms with Gasteiger partial charge in [-0.1, -0.05) is 19.1 Å². The van der Waals surface area contributed by atoms with Gasteiger partial charge in [0.15, 0.2) is 0 Å². The zero-order chi connectivity index (χ0) is 11.6. The van der Waals surface area contributed by atoms with Gasteiger partial charge in [0.25, 0.3) is 0 Å². The van der Waals surface area contributed by atoms with Crippen molar-refractivity contribution < 1.29 is 4.74 Å². The molecule has 0 spiro atoms. The SMILES string of the molecule is CCOC1(CC)CC2CC1C1C3C=CC(C3)C21. The van der Waals surface area contributed by atoms with Crippen LogP contribution in [0.4, 0.5) is 0 Å². The second-order valence-corrected chi connectivity index (χ2v) is 6.76. The van der Waals surface area contributed by atoms with Crippen LogP contribution in [0, 0.1) is 35.5 Å². The fraction of sp³-hybridized carbons (Fsp3) is 0.875. The summed E-state index contributed by atoms with van der Waals surface area (Å²) in [5.41, 5.74) is 0.263. The second-order valence-electron chi connectivity index (χ2n) is 6.76. The predicted molar refractivity (Wildman–Crippen MR) is 68.6 cm³/mol. The van der Waals surface area contributed by atoms with Crippen LogP contribution in [0.2, 0.25) is 0 Å². The smallest absolute Gasteiger partial charge is 0.0713 e. The van der Waals surface area contributed by atoms with E-state index in [1.54, 1.807) is 0 Å². The van der Waals surface area contributed by atoms with Gasteiger partial charge in [-0.05, 0) is 68.1 Å². The Hall–Kier alpha value is -0.300. The molecule has 0 aliphatic heterocycles. The summed E-state index contributed by atoms with van der Waals surface area (Å²) in [6.07, 6.45) is 10.6. The van der Waals surface area contributed by atoms with Gasteiger partial charge in [-0.15, -0.1) is 0 Å². The lowest BCUT2D eigenvalue weighted by molar-refractivity contribution is -0.108. The summed E-state index contributed by atoms with van der Waals surface area (Å²) >= 11 is 0. The first-order valence-corrected chi connectivity index (χ1v) is 7.61. The van der Waals surface area contributed by atoms with E-state index in [1.807, 2.05) is 0 Å². The van der Waals surface area contributed by atoms with Crippen LogP contribution in [0.1, 0.15) is 39.5 Å². The van der Waals surface area contributed by atoms with E-state index in [0.29, 0.717) is 0 Å². The van der Waals surface area contributed by atoms with E-state index in [4.69, 9.17) is 4.74 Å². The molecule has 17 heavy (non-hydrogen) atoms. The molecule has 4 rings (SSSR count). The van der Waals surface area contributed by atoms with Gasteiger partial charge in [0.05, 0.1) is 5.60 Å². The highest BCUT2D eigenvalue weighted by molar-refractivity contribution is 5.23. The van der Waals surface area contributed by atoms with Gasteiger partial charge in [-0.25, -0.2) is 0 Å². The molecule has 0 N–H and O–H groups in total. The predicted octanol–water partition coefficient (Wildman–Crippen LogP) is 3.65. The van der Waals surface area contributed by atoms with Crippen molar-refractivity contribution in [3.8, 4) is 0 Å². The molecular formula is C16H24O. The van der Waals surface area contributed by atoms with Crippen LogP contribution in [-0.4, -0.2) is 12.2 Å². The second kappa shape index (κ2) is 3.38. The third-order valence-electron chi connectivity index (χ3n) is 6.46. The van der Waals surface area contributed by atoms with Crippen molar-refractivity contribution in [2.24, 2.45) is 35.5 Å². The highest BCUT2D eigenvalue weighted by Gasteiger charge is 2.65. The molecule has 1 heteroatoms. The van der Waals surface area contributed by atoms with Crippen molar-refractivity contribution in [3.05, 3.63) is 12.2 Å². The fourth-order valence-electron chi connectivity index (χ4n) is 6.11. The molecule has 0 radical (unpaired) electrons. The minimum atomic E-state index is 0.263. The molecule has 3 saturated carbocycles. The van der Waals surface area contributed by atoms with Gasteiger partial charge in [-0.3, -0.25) is 0 Å². The maximum Gasteiger partial charge on any atom is 0.0713 e. The summed E-state index contributed by atoms with van der Waals surface area (Å²) in [6, 6.07) is 0. The van der Waals surface area contributed by atoms with Gasteiger partial charge in [0.2, 0.25) is 0 Å². The minimum Gasteiger partial charge on any atom is -0.375 e. The molecule has 0 amide bonds. The third kappa shape index (κ3) is 1.15. The topological polar surface area (TPSA) is 9.23 Å². The molecule has 7 unspecified atom stereocenters. The molecule has 0 aromatic heterocycles. The summed E-state index contributed by atoms with van der Waals surface area (Å²) in [4.78, 5) is 0. The number of ether oxygens (including phenoxy) is 1. The van der Waals surface area contributed by atoms with Gasteiger partial charge >= 0.3 is 0 Å². The highest BCUT2D eigenvalue weighted by atomic mass is 16.5. The molecular weight excluding hydrogens is 208 g/mol. The summed E-state index contributed by atoms with van der Waals surface area (Å²) in [6.45, 7) is 5.41. The minimum absolute atomic E-state index is 0.263. The van der Waals surface area contributed by atoms with E-state index in [-0.39, 0.29) is 5.60 Å². The largest absolute Gasteiger partial charge is 0.375 e. The van der Waals surface area contributed by atoms with Crippen molar-refractivity contribution in [1.29, 1.82) is 0 Å². The Labute approximate surface area is 105 Å². The Morgan fingerprint density at radius 1 is 1.12 bits per heavy atom. The van der Waals surface area contributed by atoms with Crippen molar-refractivity contribution in [3.63, 3.8) is 0 Å². The molecule has 0 heterocycles. The number of hydrogen-bond acceptors (Lipinski definition) is 1. The van der Waals surface area contributed by atoms with E-state index in [0.717, 1.165) is 42.1 Å². The fourth-order valence-corrected chi connectivity index (χ4v) is 6.11. The number of hydrogen-bond donors (Lipinski definition) is 0. The lowest BCUT2D eigenvalue weighted by Gasteiger charge is -2.45. The first-order valence-electron chi connectivity index (χ1n) is 7.61. The van der Waals surface area contributed by atoms with Crippen LogP contribution in [0.25, 0.3) is 0 Å². The molecule has 0 aromatic rings. The lowest BCUT2D eigenvalue weighted by Crippen LogP contribution is -2.45. The number of fused-ring (bicyclic) bond motifs is 9. The molecule has 0 saturated heterocycles. The summed E-state index contributed by atoms with van der Waals surface area (Å²) in [5, 5.41) is 0. The Bertz CT molecular complexity index is 361. The van der Waals surface area contributed by atoms with Crippen LogP contribution in [0.5, 0.6) is 0 Å². The van der Waals surface area contributed by atoms with Crippen LogP contribution < -0.4 is 0 Å². The van der Waals surface area contributed by atoms with Crippen LogP contribution in [0.3, 0.4) is 0 Å². The van der Waals surface area contributed by atoms with Crippen molar-refractivity contribution in [2.45, 2.75) is 45.1 Å². The van der Waals surface area contributed by atoms with Gasteiger partial charge in [0, 0.05) is 6.61 Å². The van der Waals surface area contributed by atoms with Gasteiger partial charge in [-0.2, -0.15) is 0 Å². The molecule has 4 bridgehead atoms. The van der Waals surface area contributed by atoms with Crippen molar-refractivity contribution in [1.82, 2.24) is 0 Å². The first-order chi connectivity index (χ1) is 8.29. The monoisotopic (exact) mass is 232 g/mol. The number of rotatable bonds is 3. The molecule has 3 fully saturated rings. The molecule has 7 atom stereocenters. The molecule has 1 nitrogen and oxygen atoms in total. The quantitative estimate of drug-likeness (QED) is 0.533. The maximum absolute atomic E-state index is 6.27. The Morgan fingerprint density at radius 2 is 1.88 bits per heavy atom. The van der Waals surface area contributed by atoms with Gasteiger partial charge in [0.1, 0.15) is 0 Å². The van der Waals surface area contributed by atoms with Crippen molar-refractivity contribution >= 4 is 0 Å². The van der Waals surface area contributed by atoms with E-state index >= 15 is 0 Å². The van der Waals surface area contributed by atoms with E-state index in [2.05, 4.69) is 26.0 Å². The van der Waals surface area contributed by atoms with Crippen molar-refractivity contribution in [2.75, 3.05) is 6.61 Å². The molecule has 4 aliphatic carbocycles. The summed E-state index contributed by atoms with van der Waals surface area (Å²) in [7, 11) is 0. The number of allylic oxidation sites excluding steroid dienone is 2. The summed E-state index contributed by atoms with van der Waals surface area (Å²) in [5.74, 6) is 5.73. The van der Waals surface area contributed by atoms with E-state index in [1.165, 1.54) is 25.7 Å². The zero-order valence-electron chi connectivity index (χ0n) is 11.1. The third-order valence-corrected chi connectivity index (χ3v) is 6.46. The summed E-state index contributed by atoms with van der Waals surface area (Å²) < 4.78 is 6.27. The highest BCUT2D eigenvalue weighted by Crippen LogP contribution is 2.69. The Morgan fingerprint density at radius 3 is 2.59 bits per heavy atom. The van der Waals surface area contributed by atoms with E-state index < -0.39 is 0 Å². The van der Waals surface area contributed by atoms with Gasteiger partial charge < -0.3 is 4.74 Å². The average Bonchev–Trinajstić information content (AvgIpc) is 3.06. The maximum atomic E-state index is 6.27. The zero-order valence-corrected chi connectivity index (χ0v) is 11.1. The van der Waals surface area contributed by atoms with Crippen LogP contribution >= 0.6 is 0 Å².